The molecule has 0 aliphatic rings. The number of phenolic OH excluding ortho intramolecular Hbond substituents is 2. The van der Waals surface area contributed by atoms with Crippen LogP contribution in [-0.2, 0) is 0 Å². The van der Waals surface area contributed by atoms with E-state index in [1.54, 1.807) is 48.8 Å². The van der Waals surface area contributed by atoms with Gasteiger partial charge in [0, 0.05) is 12.4 Å². The number of benzene rings is 2. The zero-order valence-electron chi connectivity index (χ0n) is 11.9. The molecule has 2 N–H and O–H groups in total. The summed E-state index contributed by atoms with van der Waals surface area (Å²) in [5.41, 5.74) is 1.09. The zero-order chi connectivity index (χ0) is 15.3. The van der Waals surface area contributed by atoms with Gasteiger partial charge in [-0.2, -0.15) is 0 Å². The number of para-hydroxylation sites is 1. The molecule has 0 aliphatic carbocycles. The SMILES string of the molecule is Cc1cccc(O)c1.Oc1ccccc1.c1ccncc1. The highest BCUT2D eigenvalue weighted by molar-refractivity contribution is 5.25. The van der Waals surface area contributed by atoms with Crippen molar-refractivity contribution in [3.8, 4) is 11.5 Å². The minimum Gasteiger partial charge on any atom is -0.508 e. The van der Waals surface area contributed by atoms with E-state index in [0.717, 1.165) is 5.56 Å². The summed E-state index contributed by atoms with van der Waals surface area (Å²) in [7, 11) is 0. The van der Waals surface area contributed by atoms with E-state index in [9.17, 15) is 0 Å². The largest absolute Gasteiger partial charge is 0.508 e. The maximum atomic E-state index is 8.81. The van der Waals surface area contributed by atoms with Gasteiger partial charge in [0.2, 0.25) is 0 Å². The zero-order valence-corrected chi connectivity index (χ0v) is 11.9. The number of nitrogens with zero attached hydrogens (tertiary/aromatic N) is 1. The third-order valence-electron chi connectivity index (χ3n) is 2.32. The van der Waals surface area contributed by atoms with Crippen LogP contribution >= 0.6 is 0 Å². The second kappa shape index (κ2) is 10.0. The average Bonchev–Trinajstić information content (AvgIpc) is 2.51. The van der Waals surface area contributed by atoms with Gasteiger partial charge in [-0.15, -0.1) is 0 Å². The third-order valence-corrected chi connectivity index (χ3v) is 2.32. The van der Waals surface area contributed by atoms with Crippen LogP contribution in [0.1, 0.15) is 5.56 Å². The quantitative estimate of drug-likeness (QED) is 0.650. The Labute approximate surface area is 125 Å². The highest BCUT2D eigenvalue weighted by atomic mass is 16.3. The Morgan fingerprint density at radius 2 is 1.24 bits per heavy atom. The Bertz CT molecular complexity index is 554. The van der Waals surface area contributed by atoms with Crippen LogP contribution in [0, 0.1) is 6.92 Å². The van der Waals surface area contributed by atoms with E-state index in [2.05, 4.69) is 4.98 Å². The monoisotopic (exact) mass is 281 g/mol. The van der Waals surface area contributed by atoms with Gasteiger partial charge < -0.3 is 10.2 Å². The summed E-state index contributed by atoms with van der Waals surface area (Å²) >= 11 is 0. The van der Waals surface area contributed by atoms with E-state index in [4.69, 9.17) is 10.2 Å². The summed E-state index contributed by atoms with van der Waals surface area (Å²) in [5.74, 6) is 0.660. The fourth-order valence-corrected chi connectivity index (χ4v) is 1.37. The molecule has 21 heavy (non-hydrogen) atoms. The number of aromatic nitrogens is 1. The molecular weight excluding hydrogens is 262 g/mol. The topological polar surface area (TPSA) is 53.4 Å². The predicted octanol–water partition coefficient (Wildman–Crippen LogP) is 4.17. The van der Waals surface area contributed by atoms with Gasteiger partial charge in [0.25, 0.3) is 0 Å². The second-order valence-corrected chi connectivity index (χ2v) is 4.20. The maximum Gasteiger partial charge on any atom is 0.115 e. The summed E-state index contributed by atoms with van der Waals surface area (Å²) in [6.45, 7) is 1.94. The van der Waals surface area contributed by atoms with Crippen LogP contribution in [0.2, 0.25) is 0 Å². The second-order valence-electron chi connectivity index (χ2n) is 4.20. The van der Waals surface area contributed by atoms with Crippen LogP contribution in [-0.4, -0.2) is 15.2 Å². The fourth-order valence-electron chi connectivity index (χ4n) is 1.37. The van der Waals surface area contributed by atoms with Crippen molar-refractivity contribution < 1.29 is 10.2 Å². The van der Waals surface area contributed by atoms with Gasteiger partial charge in [-0.05, 0) is 48.9 Å². The molecule has 0 aliphatic heterocycles. The summed E-state index contributed by atoms with van der Waals surface area (Å²) in [4.78, 5) is 3.78. The first-order valence-corrected chi connectivity index (χ1v) is 6.53. The Morgan fingerprint density at radius 3 is 1.52 bits per heavy atom. The molecule has 3 aromatic rings. The van der Waals surface area contributed by atoms with Crippen molar-refractivity contribution in [2.45, 2.75) is 6.92 Å². The van der Waals surface area contributed by atoms with Gasteiger partial charge in [0.05, 0.1) is 0 Å². The molecule has 0 fully saturated rings. The molecule has 108 valence electrons. The van der Waals surface area contributed by atoms with E-state index in [1.165, 1.54) is 0 Å². The van der Waals surface area contributed by atoms with Gasteiger partial charge in [-0.25, -0.2) is 0 Å². The molecular formula is C18H19NO2. The van der Waals surface area contributed by atoms with Crippen molar-refractivity contribution in [3.63, 3.8) is 0 Å². The van der Waals surface area contributed by atoms with Crippen molar-refractivity contribution in [2.24, 2.45) is 0 Å². The minimum absolute atomic E-state index is 0.322. The van der Waals surface area contributed by atoms with Crippen molar-refractivity contribution in [3.05, 3.63) is 90.8 Å². The lowest BCUT2D eigenvalue weighted by atomic mass is 10.2. The standard InChI is InChI=1S/C7H8O.C6H6O.C5H5N/c1-6-3-2-4-7(8)5-6;7-6-4-2-1-3-5-6;1-2-4-6-5-3-1/h2-5,8H,1H3;1-5,7H;1-5H. The molecule has 0 atom stereocenters. The smallest absolute Gasteiger partial charge is 0.115 e. The molecule has 3 heteroatoms. The molecule has 2 aromatic carbocycles. The molecule has 0 amide bonds. The number of hydrogen-bond acceptors (Lipinski definition) is 3. The number of pyridine rings is 1. The molecule has 3 rings (SSSR count). The van der Waals surface area contributed by atoms with E-state index >= 15 is 0 Å². The first-order chi connectivity index (χ1) is 10.2. The Balaban J connectivity index is 0.000000159. The number of hydrogen-bond donors (Lipinski definition) is 2. The molecule has 0 spiro atoms. The van der Waals surface area contributed by atoms with Gasteiger partial charge >= 0.3 is 0 Å². The van der Waals surface area contributed by atoms with Crippen molar-refractivity contribution in [2.75, 3.05) is 0 Å². The molecule has 0 radical (unpaired) electrons. The van der Waals surface area contributed by atoms with E-state index < -0.39 is 0 Å². The molecule has 0 unspecified atom stereocenters. The number of aromatic hydroxyl groups is 2. The predicted molar refractivity (Wildman–Crippen MR) is 85.2 cm³/mol. The van der Waals surface area contributed by atoms with Gasteiger partial charge in [0.1, 0.15) is 11.5 Å². The van der Waals surface area contributed by atoms with E-state index in [-0.39, 0.29) is 0 Å². The molecule has 0 saturated carbocycles. The van der Waals surface area contributed by atoms with E-state index in [1.807, 2.05) is 43.3 Å². The van der Waals surface area contributed by atoms with Crippen LogP contribution in [0.25, 0.3) is 0 Å². The summed E-state index contributed by atoms with van der Waals surface area (Å²) in [6, 6.07) is 21.6. The number of rotatable bonds is 0. The first kappa shape index (κ1) is 16.2. The highest BCUT2D eigenvalue weighted by Gasteiger charge is 1.83. The van der Waals surface area contributed by atoms with Gasteiger partial charge in [0.15, 0.2) is 0 Å². The normalized spacial score (nSPS) is 8.62. The Kier molecular flexibility index (Phi) is 7.76. The Morgan fingerprint density at radius 1 is 0.667 bits per heavy atom. The van der Waals surface area contributed by atoms with Crippen LogP contribution < -0.4 is 0 Å². The van der Waals surface area contributed by atoms with Crippen LogP contribution in [0.15, 0.2) is 85.2 Å². The summed E-state index contributed by atoms with van der Waals surface area (Å²) in [5, 5.41) is 17.4. The lowest BCUT2D eigenvalue weighted by Gasteiger charge is -1.89. The minimum atomic E-state index is 0.322. The molecule has 1 heterocycles. The highest BCUT2D eigenvalue weighted by Crippen LogP contribution is 2.08. The fraction of sp³-hybridized carbons (Fsp3) is 0.0556. The number of phenols is 2. The van der Waals surface area contributed by atoms with Crippen LogP contribution in [0.4, 0.5) is 0 Å². The third kappa shape index (κ3) is 8.83. The van der Waals surface area contributed by atoms with Crippen LogP contribution in [0.5, 0.6) is 11.5 Å². The van der Waals surface area contributed by atoms with Crippen molar-refractivity contribution in [1.29, 1.82) is 0 Å². The van der Waals surface area contributed by atoms with Gasteiger partial charge in [-0.3, -0.25) is 4.98 Å². The molecule has 3 nitrogen and oxygen atoms in total. The molecule has 0 bridgehead atoms. The molecule has 1 aromatic heterocycles. The summed E-state index contributed by atoms with van der Waals surface area (Å²) in [6.07, 6.45) is 3.50. The number of aryl methyl sites for hydroxylation is 1. The average molecular weight is 281 g/mol. The lowest BCUT2D eigenvalue weighted by molar-refractivity contribution is 0.474. The first-order valence-electron chi connectivity index (χ1n) is 6.53. The maximum absolute atomic E-state index is 8.81. The van der Waals surface area contributed by atoms with Crippen molar-refractivity contribution >= 4 is 0 Å². The van der Waals surface area contributed by atoms with Crippen LogP contribution in [0.3, 0.4) is 0 Å². The van der Waals surface area contributed by atoms with E-state index in [0.29, 0.717) is 11.5 Å². The summed E-state index contributed by atoms with van der Waals surface area (Å²) < 4.78 is 0. The molecule has 0 saturated heterocycles. The Hall–Kier alpha value is -2.81. The van der Waals surface area contributed by atoms with Crippen molar-refractivity contribution in [1.82, 2.24) is 4.98 Å². The van der Waals surface area contributed by atoms with Gasteiger partial charge in [-0.1, -0.05) is 36.4 Å². The lowest BCUT2D eigenvalue weighted by Crippen LogP contribution is -1.66.